The summed E-state index contributed by atoms with van der Waals surface area (Å²) in [5, 5.41) is 9.51. The van der Waals surface area contributed by atoms with Crippen LogP contribution < -0.4 is 0 Å². The van der Waals surface area contributed by atoms with E-state index in [9.17, 15) is 5.11 Å². The topological polar surface area (TPSA) is 55.2 Å². The summed E-state index contributed by atoms with van der Waals surface area (Å²) in [6.45, 7) is 4.50. The van der Waals surface area contributed by atoms with Gasteiger partial charge in [0.2, 0.25) is 0 Å². The van der Waals surface area contributed by atoms with Gasteiger partial charge in [0.05, 0.1) is 12.2 Å². The highest BCUT2D eigenvalue weighted by molar-refractivity contribution is 5.18. The third-order valence-corrected chi connectivity index (χ3v) is 3.20. The molecule has 94 valence electrons. The Hall–Kier alpha value is -1.00. The van der Waals surface area contributed by atoms with E-state index in [1.807, 2.05) is 6.92 Å². The maximum atomic E-state index is 9.51. The van der Waals surface area contributed by atoms with E-state index >= 15 is 0 Å². The van der Waals surface area contributed by atoms with Crippen molar-refractivity contribution in [2.75, 3.05) is 6.61 Å². The predicted octanol–water partition coefficient (Wildman–Crippen LogP) is 1.95. The number of aliphatic hydroxyl groups is 1. The zero-order valence-corrected chi connectivity index (χ0v) is 10.5. The van der Waals surface area contributed by atoms with Gasteiger partial charge in [-0.15, -0.1) is 0 Å². The minimum absolute atomic E-state index is 0.264. The molecular weight excluding hydrogens is 216 g/mol. The highest BCUT2D eigenvalue weighted by atomic mass is 16.5. The minimum Gasteiger partial charge on any atom is -0.389 e. The number of nitrogens with zero attached hydrogens (tertiary/aromatic N) is 2. The lowest BCUT2D eigenvalue weighted by atomic mass is 10.1. The number of aromatic nitrogens is 2. The average molecular weight is 236 g/mol. The molecular formula is C13H20N2O2. The lowest BCUT2D eigenvalue weighted by Crippen LogP contribution is -2.22. The molecule has 0 radical (unpaired) electrons. The van der Waals surface area contributed by atoms with Crippen molar-refractivity contribution in [1.82, 2.24) is 9.97 Å². The fourth-order valence-electron chi connectivity index (χ4n) is 2.21. The number of aryl methyl sites for hydroxylation is 1. The Labute approximate surface area is 102 Å². The first-order valence-electron chi connectivity index (χ1n) is 6.29. The quantitative estimate of drug-likeness (QED) is 0.871. The van der Waals surface area contributed by atoms with Gasteiger partial charge in [0.25, 0.3) is 0 Å². The van der Waals surface area contributed by atoms with Crippen LogP contribution in [0.4, 0.5) is 0 Å². The normalized spacial score (nSPS) is 22.4. The van der Waals surface area contributed by atoms with Crippen molar-refractivity contribution < 1.29 is 9.84 Å². The maximum Gasteiger partial charge on any atom is 0.131 e. The molecule has 0 saturated carbocycles. The number of hydrogen-bond acceptors (Lipinski definition) is 4. The first kappa shape index (κ1) is 12.5. The molecule has 4 heteroatoms. The predicted molar refractivity (Wildman–Crippen MR) is 64.7 cm³/mol. The Balaban J connectivity index is 2.04. The smallest absolute Gasteiger partial charge is 0.131 e. The molecule has 2 heterocycles. The first-order valence-corrected chi connectivity index (χ1v) is 6.29. The summed E-state index contributed by atoms with van der Waals surface area (Å²) in [5.41, 5.74) is 1.67. The third-order valence-electron chi connectivity index (χ3n) is 3.20. The van der Waals surface area contributed by atoms with Crippen LogP contribution in [0.15, 0.2) is 6.20 Å². The van der Waals surface area contributed by atoms with E-state index in [0.29, 0.717) is 0 Å². The van der Waals surface area contributed by atoms with Gasteiger partial charge in [0.15, 0.2) is 0 Å². The van der Waals surface area contributed by atoms with E-state index in [0.717, 1.165) is 43.0 Å². The molecule has 2 atom stereocenters. The Bertz CT molecular complexity index is 374. The molecule has 1 aliphatic heterocycles. The van der Waals surface area contributed by atoms with Gasteiger partial charge in [-0.05, 0) is 33.1 Å². The van der Waals surface area contributed by atoms with Crippen molar-refractivity contribution in [3.8, 4) is 0 Å². The van der Waals surface area contributed by atoms with Gasteiger partial charge in [-0.2, -0.15) is 0 Å². The average Bonchev–Trinajstić information content (AvgIpc) is 2.30. The summed E-state index contributed by atoms with van der Waals surface area (Å²) in [4.78, 5) is 8.74. The first-order chi connectivity index (χ1) is 8.16. The summed E-state index contributed by atoms with van der Waals surface area (Å²) in [6, 6.07) is 0. The Morgan fingerprint density at radius 1 is 1.53 bits per heavy atom. The van der Waals surface area contributed by atoms with E-state index in [-0.39, 0.29) is 6.10 Å². The van der Waals surface area contributed by atoms with E-state index in [4.69, 9.17) is 4.74 Å². The molecule has 1 N–H and O–H groups in total. The summed E-state index contributed by atoms with van der Waals surface area (Å²) < 4.78 is 5.67. The van der Waals surface area contributed by atoms with Crippen LogP contribution >= 0.6 is 0 Å². The van der Waals surface area contributed by atoms with Crippen LogP contribution in [0.1, 0.15) is 49.4 Å². The summed E-state index contributed by atoms with van der Waals surface area (Å²) in [7, 11) is 0. The van der Waals surface area contributed by atoms with Crippen molar-refractivity contribution in [3.63, 3.8) is 0 Å². The van der Waals surface area contributed by atoms with Crippen molar-refractivity contribution in [2.24, 2.45) is 0 Å². The van der Waals surface area contributed by atoms with Crippen LogP contribution in [-0.2, 0) is 11.2 Å². The van der Waals surface area contributed by atoms with Crippen LogP contribution in [0.3, 0.4) is 0 Å². The molecule has 1 fully saturated rings. The van der Waals surface area contributed by atoms with Gasteiger partial charge in [-0.3, -0.25) is 0 Å². The zero-order chi connectivity index (χ0) is 12.3. The summed E-state index contributed by atoms with van der Waals surface area (Å²) in [5.74, 6) is 0.818. The number of ether oxygens (including phenoxy) is 1. The molecule has 1 aromatic rings. The number of rotatable bonds is 3. The van der Waals surface area contributed by atoms with Gasteiger partial charge in [-0.1, -0.05) is 0 Å². The molecule has 1 aromatic heterocycles. The van der Waals surface area contributed by atoms with Crippen LogP contribution in [0.2, 0.25) is 0 Å². The second-order valence-corrected chi connectivity index (χ2v) is 4.70. The molecule has 1 aliphatic rings. The lowest BCUT2D eigenvalue weighted by Gasteiger charge is -2.22. The van der Waals surface area contributed by atoms with Crippen LogP contribution in [0.25, 0.3) is 0 Å². The fraction of sp³-hybridized carbons (Fsp3) is 0.692. The SMILES string of the molecule is Cc1nc(CC2CCCCO2)ncc1[C@@H](C)O. The van der Waals surface area contributed by atoms with Gasteiger partial charge in [0.1, 0.15) is 5.82 Å². The van der Waals surface area contributed by atoms with E-state index < -0.39 is 6.10 Å². The summed E-state index contributed by atoms with van der Waals surface area (Å²) in [6.07, 6.45) is 5.76. The molecule has 0 bridgehead atoms. The molecule has 1 unspecified atom stereocenters. The Morgan fingerprint density at radius 2 is 2.35 bits per heavy atom. The standard InChI is InChI=1S/C13H20N2O2/c1-9-12(10(2)16)8-14-13(15-9)7-11-5-3-4-6-17-11/h8,10-11,16H,3-7H2,1-2H3/t10-,11?/m1/s1. The molecule has 1 saturated heterocycles. The molecule has 0 spiro atoms. The third kappa shape index (κ3) is 3.23. The molecule has 17 heavy (non-hydrogen) atoms. The zero-order valence-electron chi connectivity index (χ0n) is 10.5. The van der Waals surface area contributed by atoms with E-state index in [1.54, 1.807) is 13.1 Å². The lowest BCUT2D eigenvalue weighted by molar-refractivity contribution is 0.0156. The van der Waals surface area contributed by atoms with Crippen LogP contribution in [-0.4, -0.2) is 27.8 Å². The van der Waals surface area contributed by atoms with Gasteiger partial charge in [-0.25, -0.2) is 9.97 Å². The largest absolute Gasteiger partial charge is 0.389 e. The molecule has 0 aromatic carbocycles. The van der Waals surface area contributed by atoms with Gasteiger partial charge in [0, 0.05) is 30.5 Å². The van der Waals surface area contributed by atoms with Crippen LogP contribution in [0.5, 0.6) is 0 Å². The van der Waals surface area contributed by atoms with Crippen molar-refractivity contribution in [3.05, 3.63) is 23.3 Å². The maximum absolute atomic E-state index is 9.51. The monoisotopic (exact) mass is 236 g/mol. The summed E-state index contributed by atoms with van der Waals surface area (Å²) >= 11 is 0. The second kappa shape index (κ2) is 5.56. The number of aliphatic hydroxyl groups excluding tert-OH is 1. The highest BCUT2D eigenvalue weighted by Gasteiger charge is 2.16. The van der Waals surface area contributed by atoms with Crippen molar-refractivity contribution in [2.45, 2.75) is 51.7 Å². The van der Waals surface area contributed by atoms with Gasteiger partial charge < -0.3 is 9.84 Å². The van der Waals surface area contributed by atoms with Crippen molar-refractivity contribution in [1.29, 1.82) is 0 Å². The van der Waals surface area contributed by atoms with Crippen molar-refractivity contribution >= 4 is 0 Å². The van der Waals surface area contributed by atoms with Crippen LogP contribution in [0, 0.1) is 6.92 Å². The minimum atomic E-state index is -0.505. The van der Waals surface area contributed by atoms with E-state index in [2.05, 4.69) is 9.97 Å². The molecule has 4 nitrogen and oxygen atoms in total. The fourth-order valence-corrected chi connectivity index (χ4v) is 2.21. The Morgan fingerprint density at radius 3 is 2.94 bits per heavy atom. The molecule has 0 amide bonds. The molecule has 0 aliphatic carbocycles. The number of hydrogen-bond donors (Lipinski definition) is 1. The van der Waals surface area contributed by atoms with E-state index in [1.165, 1.54) is 6.42 Å². The highest BCUT2D eigenvalue weighted by Crippen LogP contribution is 2.18. The second-order valence-electron chi connectivity index (χ2n) is 4.70. The Kier molecular flexibility index (Phi) is 4.07. The molecule has 2 rings (SSSR count). The van der Waals surface area contributed by atoms with Gasteiger partial charge >= 0.3 is 0 Å².